The van der Waals surface area contributed by atoms with Crippen molar-refractivity contribution in [3.8, 4) is 5.75 Å². The highest BCUT2D eigenvalue weighted by atomic mass is 16.5. The molecule has 1 amide bonds. The minimum Gasteiger partial charge on any atom is -0.494 e. The Morgan fingerprint density at radius 1 is 1.13 bits per heavy atom. The summed E-state index contributed by atoms with van der Waals surface area (Å²) in [5.74, 6) is 0.374. The first kappa shape index (κ1) is 20.9. The van der Waals surface area contributed by atoms with Gasteiger partial charge >= 0.3 is 5.97 Å². The number of anilines is 1. The van der Waals surface area contributed by atoms with Gasteiger partial charge in [-0.1, -0.05) is 47.6 Å². The van der Waals surface area contributed by atoms with Crippen LogP contribution >= 0.6 is 0 Å². The molecule has 0 spiro atoms. The summed E-state index contributed by atoms with van der Waals surface area (Å²) in [7, 11) is 0. The highest BCUT2D eigenvalue weighted by Gasteiger charge is 2.25. The number of hydrogen-bond acceptors (Lipinski definition) is 6. The summed E-state index contributed by atoms with van der Waals surface area (Å²) in [6.45, 7) is 4.20. The number of esters is 1. The molecule has 0 saturated heterocycles. The maximum Gasteiger partial charge on any atom is 0.331 e. The zero-order chi connectivity index (χ0) is 21.3. The van der Waals surface area contributed by atoms with Crippen LogP contribution in [0, 0.1) is 6.92 Å². The lowest BCUT2D eigenvalue weighted by molar-refractivity contribution is -0.149. The molecule has 7 nitrogen and oxygen atoms in total. The number of nitrogens with one attached hydrogen (secondary N) is 1. The molecule has 3 aromatic rings. The van der Waals surface area contributed by atoms with E-state index in [1.165, 1.54) is 6.08 Å². The molecule has 1 N–H and O–H groups in total. The molecular weight excluding hydrogens is 384 g/mol. The van der Waals surface area contributed by atoms with E-state index in [0.29, 0.717) is 17.9 Å². The molecule has 3 rings (SSSR count). The van der Waals surface area contributed by atoms with E-state index < -0.39 is 18.0 Å². The second-order valence-corrected chi connectivity index (χ2v) is 6.38. The number of rotatable bonds is 8. The summed E-state index contributed by atoms with van der Waals surface area (Å²) < 4.78 is 15.8. The second kappa shape index (κ2) is 10.1. The molecule has 0 bridgehead atoms. The van der Waals surface area contributed by atoms with E-state index in [0.717, 1.165) is 11.3 Å². The molecular formula is C23H22N2O5. The maximum absolute atomic E-state index is 12.7. The van der Waals surface area contributed by atoms with Gasteiger partial charge in [-0.15, -0.1) is 0 Å². The predicted octanol–water partition coefficient (Wildman–Crippen LogP) is 4.32. The van der Waals surface area contributed by atoms with Crippen molar-refractivity contribution in [1.29, 1.82) is 0 Å². The van der Waals surface area contributed by atoms with Gasteiger partial charge in [0.1, 0.15) is 11.5 Å². The van der Waals surface area contributed by atoms with E-state index in [4.69, 9.17) is 14.0 Å². The molecule has 7 heteroatoms. The Labute approximate surface area is 174 Å². The number of carbonyl (C=O) groups is 2. The van der Waals surface area contributed by atoms with Crippen molar-refractivity contribution in [2.75, 3.05) is 11.9 Å². The average molecular weight is 406 g/mol. The summed E-state index contributed by atoms with van der Waals surface area (Å²) in [6.07, 6.45) is 1.75. The van der Waals surface area contributed by atoms with Crippen molar-refractivity contribution in [2.45, 2.75) is 20.0 Å². The van der Waals surface area contributed by atoms with Crippen LogP contribution < -0.4 is 10.1 Å². The molecule has 1 unspecified atom stereocenters. The smallest absolute Gasteiger partial charge is 0.331 e. The fourth-order valence-electron chi connectivity index (χ4n) is 2.68. The lowest BCUT2D eigenvalue weighted by atomic mass is 10.1. The van der Waals surface area contributed by atoms with E-state index in [9.17, 15) is 9.59 Å². The van der Waals surface area contributed by atoms with E-state index in [2.05, 4.69) is 10.5 Å². The minimum absolute atomic E-state index is 0.249. The molecule has 0 aliphatic rings. The van der Waals surface area contributed by atoms with Crippen LogP contribution in [-0.2, 0) is 14.3 Å². The van der Waals surface area contributed by atoms with Gasteiger partial charge in [-0.05, 0) is 37.6 Å². The molecule has 0 aliphatic heterocycles. The standard InChI is InChI=1S/C23H22N2O5/c1-3-28-19-12-9-17(10-13-19)11-14-21(26)29-22(18-7-5-4-6-8-18)23(27)24-20-15-16(2)30-25-20/h4-15,22H,3H2,1-2H3,(H,24,25,27)/b14-11+. The van der Waals surface area contributed by atoms with Crippen molar-refractivity contribution >= 4 is 23.8 Å². The van der Waals surface area contributed by atoms with Crippen LogP contribution in [0.15, 0.2) is 71.3 Å². The lowest BCUT2D eigenvalue weighted by Crippen LogP contribution is -2.25. The van der Waals surface area contributed by atoms with Crippen molar-refractivity contribution < 1.29 is 23.6 Å². The Hall–Kier alpha value is -3.87. The van der Waals surface area contributed by atoms with Gasteiger partial charge in [0.15, 0.2) is 5.82 Å². The lowest BCUT2D eigenvalue weighted by Gasteiger charge is -2.16. The van der Waals surface area contributed by atoms with Crippen molar-refractivity contribution in [3.63, 3.8) is 0 Å². The van der Waals surface area contributed by atoms with Crippen molar-refractivity contribution in [2.24, 2.45) is 0 Å². The fraction of sp³-hybridized carbons (Fsp3) is 0.174. The summed E-state index contributed by atoms with van der Waals surface area (Å²) in [5, 5.41) is 6.34. The first-order chi connectivity index (χ1) is 14.5. The van der Waals surface area contributed by atoms with Gasteiger partial charge in [0.2, 0.25) is 6.10 Å². The van der Waals surface area contributed by atoms with Gasteiger partial charge in [0.25, 0.3) is 5.91 Å². The molecule has 0 radical (unpaired) electrons. The Bertz CT molecular complexity index is 1010. The zero-order valence-electron chi connectivity index (χ0n) is 16.7. The second-order valence-electron chi connectivity index (χ2n) is 6.38. The SMILES string of the molecule is CCOc1ccc(/C=C/C(=O)OC(C(=O)Nc2cc(C)on2)c2ccccc2)cc1. The molecule has 1 heterocycles. The highest BCUT2D eigenvalue weighted by molar-refractivity contribution is 5.97. The molecule has 2 aromatic carbocycles. The normalized spacial score (nSPS) is 11.8. The van der Waals surface area contributed by atoms with Gasteiger partial charge in [0, 0.05) is 17.7 Å². The van der Waals surface area contributed by atoms with Gasteiger partial charge in [-0.2, -0.15) is 0 Å². The van der Waals surface area contributed by atoms with E-state index in [-0.39, 0.29) is 5.82 Å². The largest absolute Gasteiger partial charge is 0.494 e. The van der Waals surface area contributed by atoms with Crippen LogP contribution in [-0.4, -0.2) is 23.6 Å². The summed E-state index contributed by atoms with van der Waals surface area (Å²) in [4.78, 5) is 25.1. The zero-order valence-corrected chi connectivity index (χ0v) is 16.7. The Morgan fingerprint density at radius 2 is 1.87 bits per heavy atom. The van der Waals surface area contributed by atoms with Crippen LogP contribution in [0.2, 0.25) is 0 Å². The monoisotopic (exact) mass is 406 g/mol. The quantitative estimate of drug-likeness (QED) is 0.443. The number of hydrogen-bond donors (Lipinski definition) is 1. The summed E-state index contributed by atoms with van der Waals surface area (Å²) in [5.41, 5.74) is 1.34. The first-order valence-electron chi connectivity index (χ1n) is 9.46. The molecule has 0 aliphatic carbocycles. The third-order valence-electron chi connectivity index (χ3n) is 4.06. The number of carbonyl (C=O) groups excluding carboxylic acids is 2. The van der Waals surface area contributed by atoms with E-state index >= 15 is 0 Å². The third kappa shape index (κ3) is 5.81. The Balaban J connectivity index is 1.70. The molecule has 0 fully saturated rings. The van der Waals surface area contributed by atoms with Crippen molar-refractivity contribution in [1.82, 2.24) is 5.16 Å². The van der Waals surface area contributed by atoms with Crippen LogP contribution in [0.4, 0.5) is 5.82 Å². The molecule has 0 saturated carbocycles. The van der Waals surface area contributed by atoms with Crippen molar-refractivity contribution in [3.05, 3.63) is 83.6 Å². The van der Waals surface area contributed by atoms with Gasteiger partial charge in [-0.3, -0.25) is 4.79 Å². The number of aryl methyl sites for hydroxylation is 1. The molecule has 154 valence electrons. The van der Waals surface area contributed by atoms with Gasteiger partial charge in [-0.25, -0.2) is 4.79 Å². The highest BCUT2D eigenvalue weighted by Crippen LogP contribution is 2.21. The van der Waals surface area contributed by atoms with Crippen LogP contribution in [0.1, 0.15) is 29.9 Å². The van der Waals surface area contributed by atoms with E-state index in [1.807, 2.05) is 37.3 Å². The molecule has 30 heavy (non-hydrogen) atoms. The number of amides is 1. The number of aromatic nitrogens is 1. The number of benzene rings is 2. The van der Waals surface area contributed by atoms with E-state index in [1.54, 1.807) is 43.3 Å². The maximum atomic E-state index is 12.7. The predicted molar refractivity (Wildman–Crippen MR) is 112 cm³/mol. The molecule has 1 atom stereocenters. The third-order valence-corrected chi connectivity index (χ3v) is 4.06. The number of ether oxygens (including phenoxy) is 2. The fourth-order valence-corrected chi connectivity index (χ4v) is 2.68. The van der Waals surface area contributed by atoms with Crippen LogP contribution in [0.3, 0.4) is 0 Å². The summed E-state index contributed by atoms with van der Waals surface area (Å²) >= 11 is 0. The molecule has 1 aromatic heterocycles. The van der Waals surface area contributed by atoms with Crippen LogP contribution in [0.25, 0.3) is 6.08 Å². The topological polar surface area (TPSA) is 90.7 Å². The summed E-state index contributed by atoms with van der Waals surface area (Å²) in [6, 6.07) is 17.6. The van der Waals surface area contributed by atoms with Gasteiger partial charge in [0.05, 0.1) is 6.61 Å². The average Bonchev–Trinajstić information content (AvgIpc) is 3.16. The first-order valence-corrected chi connectivity index (χ1v) is 9.46. The Morgan fingerprint density at radius 3 is 2.50 bits per heavy atom. The van der Waals surface area contributed by atoms with Gasteiger partial charge < -0.3 is 19.3 Å². The minimum atomic E-state index is -1.14. The van der Waals surface area contributed by atoms with Crippen LogP contribution in [0.5, 0.6) is 5.75 Å². The Kier molecular flexibility index (Phi) is 7.00. The number of nitrogens with zero attached hydrogens (tertiary/aromatic N) is 1.